The summed E-state index contributed by atoms with van der Waals surface area (Å²) < 4.78 is 5.61. The van der Waals surface area contributed by atoms with Gasteiger partial charge in [0, 0.05) is 0 Å². The van der Waals surface area contributed by atoms with Gasteiger partial charge >= 0.3 is 0 Å². The van der Waals surface area contributed by atoms with Crippen molar-refractivity contribution in [1.29, 1.82) is 0 Å². The number of Topliss-reactive ketones (excluding diaryl/α,β-unsaturated/α-hetero) is 1. The third kappa shape index (κ3) is 2.25. The SMILES string of the molecule is CC(C)c1ccc(/C=C2\Oc3ccccc3C2=O)cc1. The first-order chi connectivity index (χ1) is 9.65. The monoisotopic (exact) mass is 264 g/mol. The van der Waals surface area contributed by atoms with Crippen molar-refractivity contribution in [2.24, 2.45) is 0 Å². The summed E-state index contributed by atoms with van der Waals surface area (Å²) in [6, 6.07) is 15.5. The van der Waals surface area contributed by atoms with Crippen molar-refractivity contribution >= 4 is 11.9 Å². The number of para-hydroxylation sites is 1. The Balaban J connectivity index is 1.89. The van der Waals surface area contributed by atoms with Crippen molar-refractivity contribution in [3.8, 4) is 5.75 Å². The largest absolute Gasteiger partial charge is 0.452 e. The number of rotatable bonds is 2. The van der Waals surface area contributed by atoms with E-state index < -0.39 is 0 Å². The van der Waals surface area contributed by atoms with Crippen LogP contribution in [0.15, 0.2) is 54.3 Å². The minimum Gasteiger partial charge on any atom is -0.452 e. The standard InChI is InChI=1S/C18H16O2/c1-12(2)14-9-7-13(8-10-14)11-17-18(19)15-5-3-4-6-16(15)20-17/h3-12H,1-2H3/b17-11-. The quantitative estimate of drug-likeness (QED) is 0.750. The fourth-order valence-corrected chi connectivity index (χ4v) is 2.26. The minimum absolute atomic E-state index is 0.0477. The first-order valence-corrected chi connectivity index (χ1v) is 6.78. The molecule has 100 valence electrons. The van der Waals surface area contributed by atoms with Gasteiger partial charge in [-0.3, -0.25) is 4.79 Å². The Bertz CT molecular complexity index is 679. The molecule has 2 aromatic carbocycles. The first kappa shape index (κ1) is 12.7. The van der Waals surface area contributed by atoms with Crippen molar-refractivity contribution in [3.63, 3.8) is 0 Å². The highest BCUT2D eigenvalue weighted by atomic mass is 16.5. The van der Waals surface area contributed by atoms with Crippen LogP contribution in [0, 0.1) is 0 Å². The molecule has 0 aromatic heterocycles. The molecular weight excluding hydrogens is 248 g/mol. The van der Waals surface area contributed by atoms with Gasteiger partial charge < -0.3 is 4.74 Å². The van der Waals surface area contributed by atoms with Crippen LogP contribution >= 0.6 is 0 Å². The molecule has 20 heavy (non-hydrogen) atoms. The van der Waals surface area contributed by atoms with Crippen LogP contribution < -0.4 is 4.74 Å². The van der Waals surface area contributed by atoms with Crippen molar-refractivity contribution in [2.75, 3.05) is 0 Å². The lowest BCUT2D eigenvalue weighted by Gasteiger charge is -2.05. The van der Waals surface area contributed by atoms with E-state index in [1.54, 1.807) is 12.1 Å². The van der Waals surface area contributed by atoms with E-state index in [1.165, 1.54) is 5.56 Å². The predicted octanol–water partition coefficient (Wildman–Crippen LogP) is 4.43. The highest BCUT2D eigenvalue weighted by Crippen LogP contribution is 2.31. The third-order valence-corrected chi connectivity index (χ3v) is 3.48. The van der Waals surface area contributed by atoms with Crippen molar-refractivity contribution in [2.45, 2.75) is 19.8 Å². The van der Waals surface area contributed by atoms with E-state index in [-0.39, 0.29) is 5.78 Å². The molecule has 0 spiro atoms. The Morgan fingerprint density at radius 1 is 1.00 bits per heavy atom. The van der Waals surface area contributed by atoms with Gasteiger partial charge in [0.1, 0.15) is 5.75 Å². The molecule has 0 amide bonds. The van der Waals surface area contributed by atoms with Crippen LogP contribution in [0.3, 0.4) is 0 Å². The molecule has 2 nitrogen and oxygen atoms in total. The van der Waals surface area contributed by atoms with Crippen LogP contribution in [0.25, 0.3) is 6.08 Å². The number of fused-ring (bicyclic) bond motifs is 1. The summed E-state index contributed by atoms with van der Waals surface area (Å²) in [5, 5.41) is 0. The van der Waals surface area contributed by atoms with Gasteiger partial charge in [0.25, 0.3) is 0 Å². The average Bonchev–Trinajstić information content (AvgIpc) is 2.77. The Labute approximate surface area is 118 Å². The maximum atomic E-state index is 12.2. The van der Waals surface area contributed by atoms with Crippen molar-refractivity contribution in [1.82, 2.24) is 0 Å². The maximum absolute atomic E-state index is 12.2. The van der Waals surface area contributed by atoms with Crippen LogP contribution in [0.2, 0.25) is 0 Å². The van der Waals surface area contributed by atoms with Crippen LogP contribution in [0.5, 0.6) is 5.75 Å². The Morgan fingerprint density at radius 3 is 2.35 bits per heavy atom. The Hall–Kier alpha value is -2.35. The molecule has 0 atom stereocenters. The summed E-state index contributed by atoms with van der Waals surface area (Å²) in [6.07, 6.45) is 1.80. The Morgan fingerprint density at radius 2 is 1.70 bits per heavy atom. The van der Waals surface area contributed by atoms with Crippen LogP contribution in [0.1, 0.15) is 41.3 Å². The first-order valence-electron chi connectivity index (χ1n) is 6.78. The number of hydrogen-bond acceptors (Lipinski definition) is 2. The lowest BCUT2D eigenvalue weighted by atomic mass is 10.0. The molecule has 0 radical (unpaired) electrons. The van der Waals surface area contributed by atoms with Gasteiger partial charge in [-0.2, -0.15) is 0 Å². The lowest BCUT2D eigenvalue weighted by molar-refractivity contribution is 0.101. The molecule has 2 heteroatoms. The van der Waals surface area contributed by atoms with Gasteiger partial charge in [0.15, 0.2) is 5.76 Å². The number of ketones is 1. The number of benzene rings is 2. The van der Waals surface area contributed by atoms with Crippen LogP contribution in [0.4, 0.5) is 0 Å². The van der Waals surface area contributed by atoms with E-state index in [0.29, 0.717) is 23.0 Å². The zero-order valence-electron chi connectivity index (χ0n) is 11.6. The minimum atomic E-state index is -0.0477. The normalized spacial score (nSPS) is 15.6. The number of allylic oxidation sites excluding steroid dienone is 1. The van der Waals surface area contributed by atoms with E-state index in [9.17, 15) is 4.79 Å². The molecule has 1 heterocycles. The molecule has 0 aliphatic carbocycles. The molecule has 1 aliphatic rings. The van der Waals surface area contributed by atoms with Crippen LogP contribution in [-0.4, -0.2) is 5.78 Å². The molecule has 0 unspecified atom stereocenters. The molecule has 1 aliphatic heterocycles. The second-order valence-corrected chi connectivity index (χ2v) is 5.26. The fourth-order valence-electron chi connectivity index (χ4n) is 2.26. The number of carbonyl (C=O) groups excluding carboxylic acids is 1. The number of carbonyl (C=O) groups is 1. The van der Waals surface area contributed by atoms with Gasteiger partial charge in [-0.25, -0.2) is 0 Å². The van der Waals surface area contributed by atoms with E-state index in [4.69, 9.17) is 4.74 Å². The van der Waals surface area contributed by atoms with Gasteiger partial charge in [-0.15, -0.1) is 0 Å². The third-order valence-electron chi connectivity index (χ3n) is 3.48. The lowest BCUT2D eigenvalue weighted by Crippen LogP contribution is -1.98. The van der Waals surface area contributed by atoms with Crippen molar-refractivity contribution in [3.05, 3.63) is 71.0 Å². The van der Waals surface area contributed by atoms with E-state index in [0.717, 1.165) is 5.56 Å². The number of ether oxygens (including phenoxy) is 1. The molecule has 3 rings (SSSR count). The molecule has 0 saturated carbocycles. The number of hydrogen-bond donors (Lipinski definition) is 0. The molecular formula is C18H16O2. The average molecular weight is 264 g/mol. The van der Waals surface area contributed by atoms with Gasteiger partial charge in [-0.1, -0.05) is 50.2 Å². The Kier molecular flexibility index (Phi) is 3.15. The topological polar surface area (TPSA) is 26.3 Å². The summed E-state index contributed by atoms with van der Waals surface area (Å²) in [4.78, 5) is 12.2. The summed E-state index contributed by atoms with van der Waals surface area (Å²) in [6.45, 7) is 4.32. The summed E-state index contributed by atoms with van der Waals surface area (Å²) in [5.41, 5.74) is 2.90. The zero-order chi connectivity index (χ0) is 14.1. The molecule has 2 aromatic rings. The summed E-state index contributed by atoms with van der Waals surface area (Å²) in [5.74, 6) is 1.49. The molecule has 0 fully saturated rings. The highest BCUT2D eigenvalue weighted by molar-refractivity contribution is 6.14. The molecule has 0 saturated heterocycles. The maximum Gasteiger partial charge on any atom is 0.231 e. The molecule has 0 N–H and O–H groups in total. The van der Waals surface area contributed by atoms with Gasteiger partial charge in [0.2, 0.25) is 5.78 Å². The summed E-state index contributed by atoms with van der Waals surface area (Å²) in [7, 11) is 0. The smallest absolute Gasteiger partial charge is 0.231 e. The van der Waals surface area contributed by atoms with E-state index >= 15 is 0 Å². The van der Waals surface area contributed by atoms with Crippen molar-refractivity contribution < 1.29 is 9.53 Å². The zero-order valence-corrected chi connectivity index (χ0v) is 11.6. The molecule has 0 bridgehead atoms. The fraction of sp³-hybridized carbons (Fsp3) is 0.167. The van der Waals surface area contributed by atoms with Gasteiger partial charge in [0.05, 0.1) is 5.56 Å². The predicted molar refractivity (Wildman–Crippen MR) is 79.9 cm³/mol. The highest BCUT2D eigenvalue weighted by Gasteiger charge is 2.26. The van der Waals surface area contributed by atoms with E-state index in [1.807, 2.05) is 30.3 Å². The second-order valence-electron chi connectivity index (χ2n) is 5.26. The van der Waals surface area contributed by atoms with Crippen LogP contribution in [-0.2, 0) is 0 Å². The van der Waals surface area contributed by atoms with E-state index in [2.05, 4.69) is 26.0 Å². The van der Waals surface area contributed by atoms with Gasteiger partial charge in [-0.05, 0) is 35.3 Å². The second kappa shape index (κ2) is 4.97. The summed E-state index contributed by atoms with van der Waals surface area (Å²) >= 11 is 0.